The van der Waals surface area contributed by atoms with Gasteiger partial charge in [0.1, 0.15) is 11.5 Å². The predicted octanol–water partition coefficient (Wildman–Crippen LogP) is 7.05. The number of aryl methyl sites for hydroxylation is 3. The molecule has 0 spiro atoms. The second-order valence-corrected chi connectivity index (χ2v) is 12.2. The topological polar surface area (TPSA) is 40.5 Å². The van der Waals surface area contributed by atoms with Gasteiger partial charge in [0.15, 0.2) is 0 Å². The van der Waals surface area contributed by atoms with Crippen molar-refractivity contribution in [1.82, 2.24) is 0 Å². The molecular formula is C37H34O2S. The van der Waals surface area contributed by atoms with Crippen LogP contribution in [-0.2, 0) is 12.2 Å². The van der Waals surface area contributed by atoms with Crippen LogP contribution in [0.15, 0.2) is 24.3 Å². The highest BCUT2D eigenvalue weighted by atomic mass is 32.2. The number of phenols is 2. The van der Waals surface area contributed by atoms with E-state index < -0.39 is 0 Å². The molecule has 3 fully saturated rings. The van der Waals surface area contributed by atoms with Crippen molar-refractivity contribution >= 4 is 11.8 Å². The molecule has 2 nitrogen and oxygen atoms in total. The maximum absolute atomic E-state index is 11.5. The molecular weight excluding hydrogens is 508 g/mol. The first-order valence-electron chi connectivity index (χ1n) is 14.1. The zero-order valence-electron chi connectivity index (χ0n) is 23.4. The molecule has 0 saturated heterocycles. The molecule has 200 valence electrons. The van der Waals surface area contributed by atoms with Gasteiger partial charge in [-0.15, -0.1) is 6.42 Å². The van der Waals surface area contributed by atoms with E-state index in [1.54, 1.807) is 0 Å². The molecule has 3 saturated carbocycles. The molecule has 5 rings (SSSR count). The van der Waals surface area contributed by atoms with Gasteiger partial charge >= 0.3 is 0 Å². The third-order valence-corrected chi connectivity index (χ3v) is 9.92. The lowest BCUT2D eigenvalue weighted by Gasteiger charge is -2.36. The van der Waals surface area contributed by atoms with Crippen LogP contribution in [0, 0.1) is 96.6 Å². The summed E-state index contributed by atoms with van der Waals surface area (Å²) < 4.78 is 0. The van der Waals surface area contributed by atoms with Gasteiger partial charge in [-0.2, -0.15) is 0 Å². The van der Waals surface area contributed by atoms with Gasteiger partial charge in [-0.25, -0.2) is 0 Å². The van der Waals surface area contributed by atoms with Crippen molar-refractivity contribution in [3.05, 3.63) is 57.6 Å². The molecule has 0 aliphatic heterocycles. The van der Waals surface area contributed by atoms with Gasteiger partial charge in [0.2, 0.25) is 0 Å². The summed E-state index contributed by atoms with van der Waals surface area (Å²) in [5.74, 6) is 25.3. The lowest BCUT2D eigenvalue weighted by Crippen LogP contribution is -2.27. The molecule has 0 radical (unpaired) electrons. The minimum atomic E-state index is 0.358. The van der Waals surface area contributed by atoms with E-state index in [2.05, 4.69) is 97.7 Å². The number of fused-ring (bicyclic) bond motifs is 5. The predicted molar refractivity (Wildman–Crippen MR) is 164 cm³/mol. The molecule has 2 aromatic rings. The van der Waals surface area contributed by atoms with Crippen molar-refractivity contribution in [1.29, 1.82) is 0 Å². The summed E-state index contributed by atoms with van der Waals surface area (Å²) in [5.41, 5.74) is 6.67. The maximum Gasteiger partial charge on any atom is 0.123 e. The molecule has 3 aliphatic carbocycles. The van der Waals surface area contributed by atoms with Crippen LogP contribution in [0.1, 0.15) is 77.8 Å². The van der Waals surface area contributed by atoms with Crippen LogP contribution in [0.2, 0.25) is 0 Å². The van der Waals surface area contributed by atoms with Crippen molar-refractivity contribution in [2.75, 3.05) is 0 Å². The highest BCUT2D eigenvalue weighted by molar-refractivity contribution is 8.03. The molecule has 0 amide bonds. The summed E-state index contributed by atoms with van der Waals surface area (Å²) in [5, 5.41) is 25.6. The van der Waals surface area contributed by atoms with Gasteiger partial charge in [-0.05, 0) is 151 Å². The van der Waals surface area contributed by atoms with E-state index in [1.807, 2.05) is 0 Å². The Labute approximate surface area is 243 Å². The summed E-state index contributed by atoms with van der Waals surface area (Å²) in [6.45, 7) is 6.37. The number of terminal acetylenes is 1. The standard InChI is InChI=1S/C37H34O2S/c1-5-7-8-9-10-11-12-13-16-40-23-28-18-25(4)19-33(37(28)39)30-15-14-29-27-21-31(32(22-27)35(29)30)34-20-24(3)17-26(6-2)36(34)38/h1,17-20,27,29-32,35,38-39H,6,14-15,21-23H2,2-4H3. The summed E-state index contributed by atoms with van der Waals surface area (Å²) in [6, 6.07) is 8.63. The monoisotopic (exact) mass is 542 g/mol. The fraction of sp³-hybridized carbons (Fsp3) is 0.405. The van der Waals surface area contributed by atoms with Crippen LogP contribution in [-0.4, -0.2) is 10.2 Å². The van der Waals surface area contributed by atoms with Gasteiger partial charge in [-0.1, -0.05) is 54.1 Å². The fourth-order valence-corrected chi connectivity index (χ4v) is 8.48. The third kappa shape index (κ3) is 5.44. The summed E-state index contributed by atoms with van der Waals surface area (Å²) in [7, 11) is 0. The van der Waals surface area contributed by atoms with Crippen molar-refractivity contribution in [3.8, 4) is 70.5 Å². The number of hydrogen-bond donors (Lipinski definition) is 2. The normalized spacial score (nSPS) is 25.1. The SMILES string of the molecule is C#CC#CC#CC#CC#CSCc1cc(C)cc(C2CCC3C4CC(c5cc(C)cc(CC)c5O)C(C4)C23)c1O. The smallest absolute Gasteiger partial charge is 0.123 e. The van der Waals surface area contributed by atoms with Crippen molar-refractivity contribution in [3.63, 3.8) is 0 Å². The Hall–Kier alpha value is -3.81. The number of benzene rings is 2. The molecule has 3 heteroatoms. The zero-order chi connectivity index (χ0) is 28.2. The quantitative estimate of drug-likeness (QED) is 0.398. The Morgan fingerprint density at radius 2 is 1.40 bits per heavy atom. The van der Waals surface area contributed by atoms with Crippen LogP contribution in [0.25, 0.3) is 0 Å². The Morgan fingerprint density at radius 1 is 0.775 bits per heavy atom. The van der Waals surface area contributed by atoms with E-state index in [1.165, 1.54) is 42.2 Å². The Bertz CT molecular complexity index is 1610. The second-order valence-electron chi connectivity index (χ2n) is 11.4. The van der Waals surface area contributed by atoms with Crippen molar-refractivity contribution < 1.29 is 10.2 Å². The van der Waals surface area contributed by atoms with E-state index >= 15 is 0 Å². The fourth-order valence-electron chi connectivity index (χ4n) is 7.91. The number of aromatic hydroxyl groups is 2. The van der Waals surface area contributed by atoms with Crippen LogP contribution in [0.3, 0.4) is 0 Å². The summed E-state index contributed by atoms with van der Waals surface area (Å²) in [4.78, 5) is 0. The highest BCUT2D eigenvalue weighted by Crippen LogP contribution is 2.68. The van der Waals surface area contributed by atoms with Crippen LogP contribution in [0.5, 0.6) is 11.5 Å². The lowest BCUT2D eigenvalue weighted by molar-refractivity contribution is 0.213. The number of phenolic OH excluding ortho intramolecular Hbond substituents is 2. The maximum atomic E-state index is 11.5. The van der Waals surface area contributed by atoms with Gasteiger partial charge in [0.25, 0.3) is 0 Å². The summed E-state index contributed by atoms with van der Waals surface area (Å²) >= 11 is 1.43. The molecule has 6 unspecified atom stereocenters. The van der Waals surface area contributed by atoms with Gasteiger partial charge in [-0.3, -0.25) is 0 Å². The zero-order valence-corrected chi connectivity index (χ0v) is 24.2. The second kappa shape index (κ2) is 12.1. The first-order chi connectivity index (χ1) is 19.4. The molecule has 2 bridgehead atoms. The van der Waals surface area contributed by atoms with Gasteiger partial charge in [0, 0.05) is 11.3 Å². The highest BCUT2D eigenvalue weighted by Gasteiger charge is 2.58. The number of hydrogen-bond acceptors (Lipinski definition) is 3. The largest absolute Gasteiger partial charge is 0.507 e. The molecule has 0 aromatic heterocycles. The van der Waals surface area contributed by atoms with E-state index in [0.717, 1.165) is 46.9 Å². The van der Waals surface area contributed by atoms with E-state index in [9.17, 15) is 10.2 Å². The van der Waals surface area contributed by atoms with E-state index in [4.69, 9.17) is 6.42 Å². The first kappa shape index (κ1) is 27.7. The average Bonchev–Trinajstić information content (AvgIpc) is 3.65. The van der Waals surface area contributed by atoms with Crippen molar-refractivity contribution in [2.45, 2.75) is 70.5 Å². The molecule has 0 heterocycles. The Kier molecular flexibility index (Phi) is 8.43. The van der Waals surface area contributed by atoms with E-state index in [0.29, 0.717) is 40.9 Å². The molecule has 2 aromatic carbocycles. The molecule has 6 atom stereocenters. The van der Waals surface area contributed by atoms with E-state index in [-0.39, 0.29) is 0 Å². The minimum Gasteiger partial charge on any atom is -0.507 e. The average molecular weight is 543 g/mol. The van der Waals surface area contributed by atoms with Gasteiger partial charge in [0.05, 0.1) is 0 Å². The Balaban J connectivity index is 1.35. The van der Waals surface area contributed by atoms with Crippen LogP contribution < -0.4 is 0 Å². The first-order valence-corrected chi connectivity index (χ1v) is 15.1. The number of rotatable bonds is 5. The lowest BCUT2D eigenvalue weighted by atomic mass is 9.68. The third-order valence-electron chi connectivity index (χ3n) is 9.22. The van der Waals surface area contributed by atoms with Gasteiger partial charge < -0.3 is 10.2 Å². The molecule has 3 aliphatic rings. The Morgan fingerprint density at radius 3 is 2.10 bits per heavy atom. The van der Waals surface area contributed by atoms with Crippen LogP contribution in [0.4, 0.5) is 0 Å². The molecule has 2 N–H and O–H groups in total. The van der Waals surface area contributed by atoms with Crippen molar-refractivity contribution in [2.24, 2.45) is 23.7 Å². The molecule has 40 heavy (non-hydrogen) atoms. The number of thioether (sulfide) groups is 1. The van der Waals surface area contributed by atoms with Crippen LogP contribution >= 0.6 is 11.8 Å². The minimum absolute atomic E-state index is 0.358. The summed E-state index contributed by atoms with van der Waals surface area (Å²) in [6.07, 6.45) is 10.7.